The molecule has 2 atom stereocenters. The van der Waals surface area contributed by atoms with Gasteiger partial charge in [0.15, 0.2) is 17.5 Å². The van der Waals surface area contributed by atoms with E-state index in [4.69, 9.17) is 0 Å². The van der Waals surface area contributed by atoms with E-state index in [2.05, 4.69) is 5.32 Å². The Morgan fingerprint density at radius 2 is 1.73 bits per heavy atom. The van der Waals surface area contributed by atoms with Crippen LogP contribution >= 0.6 is 0 Å². The van der Waals surface area contributed by atoms with Gasteiger partial charge in [0.1, 0.15) is 0 Å². The van der Waals surface area contributed by atoms with Gasteiger partial charge in [-0.15, -0.1) is 0 Å². The van der Waals surface area contributed by atoms with Crippen LogP contribution in [-0.2, 0) is 9.59 Å². The molecule has 1 fully saturated rings. The third-order valence-electron chi connectivity index (χ3n) is 4.39. The third kappa shape index (κ3) is 3.42. The fraction of sp³-hybridized carbons (Fsp3) is 0.263. The summed E-state index contributed by atoms with van der Waals surface area (Å²) < 4.78 is 39.8. The molecule has 1 aliphatic rings. The Bertz CT molecular complexity index is 842. The predicted octanol–water partition coefficient (Wildman–Crippen LogP) is 3.73. The summed E-state index contributed by atoms with van der Waals surface area (Å²) in [5.74, 6) is -6.34. The largest absolute Gasteiger partial charge is 0.323 e. The summed E-state index contributed by atoms with van der Waals surface area (Å²) in [4.78, 5) is 26.4. The molecule has 4 nitrogen and oxygen atoms in total. The van der Waals surface area contributed by atoms with Crippen LogP contribution in [0.15, 0.2) is 42.5 Å². The highest BCUT2D eigenvalue weighted by Gasteiger charge is 2.49. The number of nitrogens with zero attached hydrogens (tertiary/aromatic N) is 1. The van der Waals surface area contributed by atoms with Crippen molar-refractivity contribution in [2.75, 3.05) is 16.8 Å². The molecule has 2 amide bonds. The molecule has 0 spiro atoms. The normalized spacial score (nSPS) is 18.3. The number of halogens is 3. The molecule has 1 saturated carbocycles. The predicted molar refractivity (Wildman–Crippen MR) is 91.0 cm³/mol. The van der Waals surface area contributed by atoms with E-state index < -0.39 is 40.9 Å². The van der Waals surface area contributed by atoms with Crippen molar-refractivity contribution in [2.24, 2.45) is 11.8 Å². The number of amides is 2. The Kier molecular flexibility index (Phi) is 4.97. The highest BCUT2D eigenvalue weighted by atomic mass is 19.2. The minimum absolute atomic E-state index is 0.190. The monoisotopic (exact) mass is 362 g/mol. The smallest absolute Gasteiger partial charge is 0.230 e. The number of nitrogens with one attached hydrogen (secondary N) is 1. The van der Waals surface area contributed by atoms with Crippen molar-refractivity contribution in [1.29, 1.82) is 0 Å². The minimum Gasteiger partial charge on any atom is -0.323 e. The Morgan fingerprint density at radius 1 is 1.04 bits per heavy atom. The van der Waals surface area contributed by atoms with Crippen molar-refractivity contribution < 1.29 is 22.8 Å². The summed E-state index contributed by atoms with van der Waals surface area (Å²) in [6.07, 6.45) is 0.333. The van der Waals surface area contributed by atoms with E-state index in [0.29, 0.717) is 13.0 Å². The van der Waals surface area contributed by atoms with Crippen LogP contribution in [0.3, 0.4) is 0 Å². The van der Waals surface area contributed by atoms with Crippen molar-refractivity contribution in [3.63, 3.8) is 0 Å². The van der Waals surface area contributed by atoms with Gasteiger partial charge < -0.3 is 10.2 Å². The van der Waals surface area contributed by atoms with Crippen molar-refractivity contribution in [3.8, 4) is 0 Å². The molecule has 2 unspecified atom stereocenters. The molecule has 136 valence electrons. The lowest BCUT2D eigenvalue weighted by Gasteiger charge is -2.21. The fourth-order valence-electron chi connectivity index (χ4n) is 2.88. The maximum absolute atomic E-state index is 13.7. The highest BCUT2D eigenvalue weighted by molar-refractivity contribution is 6.04. The summed E-state index contributed by atoms with van der Waals surface area (Å²) in [5.41, 5.74) is 0.292. The summed E-state index contributed by atoms with van der Waals surface area (Å²) >= 11 is 0. The number of hydrogen-bond donors (Lipinski definition) is 1. The summed E-state index contributed by atoms with van der Waals surface area (Å²) in [7, 11) is 0. The molecule has 26 heavy (non-hydrogen) atoms. The van der Waals surface area contributed by atoms with Crippen LogP contribution in [0, 0.1) is 29.3 Å². The zero-order chi connectivity index (χ0) is 18.8. The van der Waals surface area contributed by atoms with Gasteiger partial charge in [0.05, 0.1) is 17.5 Å². The standard InChI is InChI=1S/C19H17F3N2O2/c1-2-24(11-6-4-3-5-7-11)19(26)13-10-12(13)18(25)23-15-9-8-14(20)16(21)17(15)22/h3-9,12-13H,2,10H2,1H3,(H,23,25). The number of carbonyl (C=O) groups is 2. The second-order valence-corrected chi connectivity index (χ2v) is 6.08. The van der Waals surface area contributed by atoms with Crippen molar-refractivity contribution >= 4 is 23.2 Å². The molecule has 0 aliphatic heterocycles. The maximum Gasteiger partial charge on any atom is 0.230 e. The van der Waals surface area contributed by atoms with Gasteiger partial charge in [-0.05, 0) is 37.6 Å². The zero-order valence-electron chi connectivity index (χ0n) is 14.0. The number of hydrogen-bond acceptors (Lipinski definition) is 2. The topological polar surface area (TPSA) is 49.4 Å². The van der Waals surface area contributed by atoms with E-state index in [-0.39, 0.29) is 5.91 Å². The summed E-state index contributed by atoms with van der Waals surface area (Å²) in [6.45, 7) is 2.28. The molecule has 3 rings (SSSR count). The minimum atomic E-state index is -1.65. The van der Waals surface area contributed by atoms with Crippen LogP contribution in [0.1, 0.15) is 13.3 Å². The van der Waals surface area contributed by atoms with Crippen LogP contribution in [0.4, 0.5) is 24.5 Å². The summed E-state index contributed by atoms with van der Waals surface area (Å²) in [6, 6.07) is 10.8. The lowest BCUT2D eigenvalue weighted by Crippen LogP contribution is -2.33. The SMILES string of the molecule is CCN(C(=O)C1CC1C(=O)Nc1ccc(F)c(F)c1F)c1ccccc1. The van der Waals surface area contributed by atoms with E-state index in [1.807, 2.05) is 25.1 Å². The number of anilines is 2. The first-order chi connectivity index (χ1) is 12.4. The van der Waals surface area contributed by atoms with Crippen LogP contribution in [-0.4, -0.2) is 18.4 Å². The fourth-order valence-corrected chi connectivity index (χ4v) is 2.88. The van der Waals surface area contributed by atoms with Crippen molar-refractivity contribution in [2.45, 2.75) is 13.3 Å². The van der Waals surface area contributed by atoms with Gasteiger partial charge in [-0.1, -0.05) is 18.2 Å². The molecule has 0 bridgehead atoms. The zero-order valence-corrected chi connectivity index (χ0v) is 14.0. The Morgan fingerprint density at radius 3 is 2.38 bits per heavy atom. The van der Waals surface area contributed by atoms with E-state index >= 15 is 0 Å². The van der Waals surface area contributed by atoms with Gasteiger partial charge in [-0.2, -0.15) is 0 Å². The van der Waals surface area contributed by atoms with E-state index in [1.54, 1.807) is 17.0 Å². The molecular formula is C19H17F3N2O2. The Labute approximate surface area is 148 Å². The lowest BCUT2D eigenvalue weighted by molar-refractivity contribution is -0.123. The van der Waals surface area contributed by atoms with Gasteiger partial charge in [0, 0.05) is 12.2 Å². The average molecular weight is 362 g/mol. The van der Waals surface area contributed by atoms with Gasteiger partial charge in [0.2, 0.25) is 11.8 Å². The quantitative estimate of drug-likeness (QED) is 0.824. The first-order valence-corrected chi connectivity index (χ1v) is 8.24. The van der Waals surface area contributed by atoms with Crippen LogP contribution in [0.5, 0.6) is 0 Å². The van der Waals surface area contributed by atoms with Crippen molar-refractivity contribution in [1.82, 2.24) is 0 Å². The number of para-hydroxylation sites is 1. The molecule has 0 saturated heterocycles. The molecular weight excluding hydrogens is 345 g/mol. The first-order valence-electron chi connectivity index (χ1n) is 8.24. The van der Waals surface area contributed by atoms with Gasteiger partial charge in [-0.25, -0.2) is 13.2 Å². The van der Waals surface area contributed by atoms with Crippen molar-refractivity contribution in [3.05, 3.63) is 59.9 Å². The molecule has 1 N–H and O–H groups in total. The number of benzene rings is 2. The van der Waals surface area contributed by atoms with Crippen LogP contribution in [0.25, 0.3) is 0 Å². The number of carbonyl (C=O) groups excluding carboxylic acids is 2. The average Bonchev–Trinajstić information content (AvgIpc) is 3.44. The molecule has 2 aromatic rings. The maximum atomic E-state index is 13.7. The van der Waals surface area contributed by atoms with Crippen LogP contribution in [0.2, 0.25) is 0 Å². The molecule has 0 aromatic heterocycles. The second-order valence-electron chi connectivity index (χ2n) is 6.08. The highest BCUT2D eigenvalue weighted by Crippen LogP contribution is 2.41. The third-order valence-corrected chi connectivity index (χ3v) is 4.39. The van der Waals surface area contributed by atoms with Gasteiger partial charge in [-0.3, -0.25) is 9.59 Å². The molecule has 0 heterocycles. The second kappa shape index (κ2) is 7.19. The van der Waals surface area contributed by atoms with E-state index in [9.17, 15) is 22.8 Å². The molecule has 1 aliphatic carbocycles. The lowest BCUT2D eigenvalue weighted by atomic mass is 10.2. The molecule has 0 radical (unpaired) electrons. The first kappa shape index (κ1) is 18.0. The van der Waals surface area contributed by atoms with Crippen LogP contribution < -0.4 is 10.2 Å². The number of rotatable bonds is 5. The molecule has 2 aromatic carbocycles. The van der Waals surface area contributed by atoms with Gasteiger partial charge >= 0.3 is 0 Å². The van der Waals surface area contributed by atoms with Gasteiger partial charge in [0.25, 0.3) is 0 Å². The Balaban J connectivity index is 1.67. The Hall–Kier alpha value is -2.83. The summed E-state index contributed by atoms with van der Waals surface area (Å²) in [5, 5.41) is 2.23. The van der Waals surface area contributed by atoms with E-state index in [1.165, 1.54) is 0 Å². The van der Waals surface area contributed by atoms with E-state index in [0.717, 1.165) is 17.8 Å². The molecule has 7 heteroatoms.